The van der Waals surface area contributed by atoms with Crippen LogP contribution in [0, 0.1) is 5.92 Å². The second kappa shape index (κ2) is 10.3. The van der Waals surface area contributed by atoms with Gasteiger partial charge in [0.1, 0.15) is 5.75 Å². The molecule has 1 fully saturated rings. The number of phenolic OH excluding ortho intramolecular Hbond substituents is 1. The molecule has 2 amide bonds. The molecule has 2 aromatic rings. The number of phenols is 1. The molecule has 1 aliphatic heterocycles. The molecule has 0 aromatic heterocycles. The molecule has 6 nitrogen and oxygen atoms in total. The van der Waals surface area contributed by atoms with E-state index in [2.05, 4.69) is 4.72 Å². The van der Waals surface area contributed by atoms with Gasteiger partial charge < -0.3 is 10.0 Å². The fourth-order valence-corrected chi connectivity index (χ4v) is 4.46. The molecule has 0 bridgehead atoms. The van der Waals surface area contributed by atoms with Gasteiger partial charge in [-0.1, -0.05) is 42.5 Å². The van der Waals surface area contributed by atoms with Crippen molar-refractivity contribution in [2.75, 3.05) is 13.1 Å². The Bertz CT molecular complexity index is 966. The third kappa shape index (κ3) is 6.91. The highest BCUT2D eigenvalue weighted by atomic mass is 32.2. The highest BCUT2D eigenvalue weighted by Crippen LogP contribution is 2.23. The number of rotatable bonds is 7. The van der Waals surface area contributed by atoms with Gasteiger partial charge in [0, 0.05) is 13.1 Å². The van der Waals surface area contributed by atoms with Crippen molar-refractivity contribution in [3.8, 4) is 5.75 Å². The minimum atomic E-state index is -3.83. The summed E-state index contributed by atoms with van der Waals surface area (Å²) >= 11 is 0. The molecule has 0 saturated carbocycles. The third-order valence-corrected chi connectivity index (χ3v) is 6.31. The average molecular weight is 429 g/mol. The van der Waals surface area contributed by atoms with Crippen molar-refractivity contribution in [1.29, 1.82) is 0 Å². The van der Waals surface area contributed by atoms with Gasteiger partial charge in [0.15, 0.2) is 0 Å². The van der Waals surface area contributed by atoms with E-state index in [1.807, 2.05) is 30.3 Å². The van der Waals surface area contributed by atoms with Gasteiger partial charge in [0.25, 0.3) is 10.0 Å². The van der Waals surface area contributed by atoms with Gasteiger partial charge in [0.05, 0.1) is 5.41 Å². The molecule has 1 heterocycles. The lowest BCUT2D eigenvalue weighted by molar-refractivity contribution is 0.172. The molecule has 0 spiro atoms. The fraction of sp³-hybridized carbons (Fsp3) is 0.348. The molecular weight excluding hydrogens is 400 g/mol. The average Bonchev–Trinajstić information content (AvgIpc) is 2.73. The number of nitrogens with zero attached hydrogens (tertiary/aromatic N) is 1. The van der Waals surface area contributed by atoms with Gasteiger partial charge in [-0.2, -0.15) is 0 Å². The summed E-state index contributed by atoms with van der Waals surface area (Å²) in [5, 5.41) is 10.5. The minimum Gasteiger partial charge on any atom is -0.508 e. The van der Waals surface area contributed by atoms with E-state index >= 15 is 0 Å². The summed E-state index contributed by atoms with van der Waals surface area (Å²) in [6, 6.07) is 15.8. The highest BCUT2D eigenvalue weighted by Gasteiger charge is 2.24. The highest BCUT2D eigenvalue weighted by molar-refractivity contribution is 7.93. The first-order chi connectivity index (χ1) is 14.4. The zero-order chi connectivity index (χ0) is 21.4. The van der Waals surface area contributed by atoms with E-state index in [1.54, 1.807) is 29.2 Å². The van der Waals surface area contributed by atoms with E-state index in [4.69, 9.17) is 0 Å². The van der Waals surface area contributed by atoms with Crippen molar-refractivity contribution < 1.29 is 18.3 Å². The number of urea groups is 1. The Kier molecular flexibility index (Phi) is 7.52. The second-order valence-corrected chi connectivity index (χ2v) is 9.22. The van der Waals surface area contributed by atoms with Gasteiger partial charge in [-0.05, 0) is 67.4 Å². The largest absolute Gasteiger partial charge is 0.508 e. The summed E-state index contributed by atoms with van der Waals surface area (Å²) in [6.45, 7) is 1.11. The Morgan fingerprint density at radius 1 is 1.10 bits per heavy atom. The molecule has 0 atom stereocenters. The van der Waals surface area contributed by atoms with Gasteiger partial charge >= 0.3 is 6.03 Å². The maximum absolute atomic E-state index is 12.3. The molecule has 2 aromatic carbocycles. The first-order valence-corrected chi connectivity index (χ1v) is 11.8. The predicted octanol–water partition coefficient (Wildman–Crippen LogP) is 4.14. The zero-order valence-corrected chi connectivity index (χ0v) is 17.7. The van der Waals surface area contributed by atoms with Gasteiger partial charge in [-0.15, -0.1) is 0 Å². The number of hydrogen-bond donors (Lipinski definition) is 2. The molecule has 0 unspecified atom stereocenters. The van der Waals surface area contributed by atoms with Crippen LogP contribution in [0.4, 0.5) is 4.79 Å². The zero-order valence-electron chi connectivity index (χ0n) is 16.9. The van der Waals surface area contributed by atoms with E-state index in [1.165, 1.54) is 6.08 Å². The standard InChI is InChI=1S/C23H28N2O4S/c26-22-11-5-10-21(18-22)9-4-8-20-12-15-25(16-13-20)23(27)24-30(28,29)17-14-19-6-2-1-3-7-19/h1-3,5-7,10-11,14,17-18,20,26H,4,8-9,12-13,15-16H2,(H,24,27). The van der Waals surface area contributed by atoms with Crippen LogP contribution in [-0.4, -0.2) is 37.5 Å². The molecule has 30 heavy (non-hydrogen) atoms. The maximum atomic E-state index is 12.3. The molecule has 160 valence electrons. The number of piperidine rings is 1. The number of sulfonamides is 1. The minimum absolute atomic E-state index is 0.292. The number of aromatic hydroxyl groups is 1. The smallest absolute Gasteiger partial charge is 0.331 e. The Labute approximate surface area is 178 Å². The van der Waals surface area contributed by atoms with Crippen LogP contribution in [0.3, 0.4) is 0 Å². The molecule has 1 saturated heterocycles. The van der Waals surface area contributed by atoms with Crippen LogP contribution >= 0.6 is 0 Å². The van der Waals surface area contributed by atoms with Crippen LogP contribution < -0.4 is 4.72 Å². The van der Waals surface area contributed by atoms with E-state index in [0.29, 0.717) is 24.8 Å². The summed E-state index contributed by atoms with van der Waals surface area (Å²) in [5.74, 6) is 0.821. The monoisotopic (exact) mass is 428 g/mol. The van der Waals surface area contributed by atoms with Gasteiger partial charge in [-0.25, -0.2) is 17.9 Å². The first kappa shape index (κ1) is 21.9. The number of nitrogens with one attached hydrogen (secondary N) is 1. The van der Waals surface area contributed by atoms with Crippen molar-refractivity contribution in [3.05, 3.63) is 71.1 Å². The van der Waals surface area contributed by atoms with E-state index in [-0.39, 0.29) is 0 Å². The lowest BCUT2D eigenvalue weighted by Crippen LogP contribution is -2.45. The van der Waals surface area contributed by atoms with Crippen molar-refractivity contribution in [1.82, 2.24) is 9.62 Å². The molecule has 7 heteroatoms. The quantitative estimate of drug-likeness (QED) is 0.694. The second-order valence-electron chi connectivity index (χ2n) is 7.66. The maximum Gasteiger partial charge on any atom is 0.331 e. The topological polar surface area (TPSA) is 86.7 Å². The normalized spacial score (nSPS) is 15.4. The van der Waals surface area contributed by atoms with Crippen LogP contribution in [0.1, 0.15) is 36.8 Å². The Balaban J connectivity index is 1.40. The summed E-state index contributed by atoms with van der Waals surface area (Å²) in [5.41, 5.74) is 1.88. The van der Waals surface area contributed by atoms with Crippen LogP contribution in [0.25, 0.3) is 6.08 Å². The number of aryl methyl sites for hydroxylation is 1. The first-order valence-electron chi connectivity index (χ1n) is 10.2. The number of carbonyl (C=O) groups excluding carboxylic acids is 1. The summed E-state index contributed by atoms with van der Waals surface area (Å²) in [4.78, 5) is 13.9. The van der Waals surface area contributed by atoms with Crippen molar-refractivity contribution >= 4 is 22.1 Å². The number of benzene rings is 2. The van der Waals surface area contributed by atoms with Crippen molar-refractivity contribution in [3.63, 3.8) is 0 Å². The van der Waals surface area contributed by atoms with E-state index < -0.39 is 16.1 Å². The van der Waals surface area contributed by atoms with Crippen molar-refractivity contribution in [2.45, 2.75) is 32.1 Å². The van der Waals surface area contributed by atoms with Crippen LogP contribution in [0.2, 0.25) is 0 Å². The molecule has 0 radical (unpaired) electrons. The Morgan fingerprint density at radius 3 is 2.53 bits per heavy atom. The SMILES string of the molecule is O=C(NS(=O)(=O)C=Cc1ccccc1)N1CCC(CCCc2cccc(O)c2)CC1. The van der Waals surface area contributed by atoms with Gasteiger partial charge in [0.2, 0.25) is 0 Å². The molecule has 1 aliphatic rings. The fourth-order valence-electron chi connectivity index (χ4n) is 3.68. The number of likely N-dealkylation sites (tertiary alicyclic amines) is 1. The van der Waals surface area contributed by atoms with Crippen LogP contribution in [-0.2, 0) is 16.4 Å². The van der Waals surface area contributed by atoms with E-state index in [0.717, 1.165) is 48.6 Å². The van der Waals surface area contributed by atoms with Crippen LogP contribution in [0.5, 0.6) is 5.75 Å². The van der Waals surface area contributed by atoms with Crippen LogP contribution in [0.15, 0.2) is 60.0 Å². The van der Waals surface area contributed by atoms with Gasteiger partial charge in [-0.3, -0.25) is 0 Å². The Hall–Kier alpha value is -2.80. The number of amides is 2. The lowest BCUT2D eigenvalue weighted by Gasteiger charge is -2.31. The Morgan fingerprint density at radius 2 is 1.83 bits per heavy atom. The lowest BCUT2D eigenvalue weighted by atomic mass is 9.91. The molecule has 0 aliphatic carbocycles. The summed E-state index contributed by atoms with van der Waals surface area (Å²) < 4.78 is 26.4. The summed E-state index contributed by atoms with van der Waals surface area (Å²) in [6.07, 6.45) is 6.21. The van der Waals surface area contributed by atoms with E-state index in [9.17, 15) is 18.3 Å². The number of hydrogen-bond acceptors (Lipinski definition) is 4. The molecule has 2 N–H and O–H groups in total. The molecule has 3 rings (SSSR count). The molecular formula is C23H28N2O4S. The predicted molar refractivity (Wildman–Crippen MR) is 118 cm³/mol. The summed E-state index contributed by atoms with van der Waals surface area (Å²) in [7, 11) is -3.83. The number of carbonyl (C=O) groups is 1. The third-order valence-electron chi connectivity index (χ3n) is 5.36. The van der Waals surface area contributed by atoms with Crippen molar-refractivity contribution in [2.24, 2.45) is 5.92 Å².